The molecule has 0 saturated heterocycles. The van der Waals surface area contributed by atoms with E-state index in [1.165, 1.54) is 225 Å². The molecule has 0 aliphatic rings. The van der Waals surface area contributed by atoms with Gasteiger partial charge >= 0.3 is 0 Å². The molecule has 0 saturated carbocycles. The maximum Gasteiger partial charge on any atom is 0.220 e. The molecule has 0 fully saturated rings. The van der Waals surface area contributed by atoms with E-state index in [0.717, 1.165) is 25.7 Å². The van der Waals surface area contributed by atoms with Crippen molar-refractivity contribution in [1.82, 2.24) is 5.32 Å². The van der Waals surface area contributed by atoms with E-state index in [1.54, 1.807) is 0 Å². The standard InChI is InChI=1S/C47H95NO3/c1-3-5-7-9-11-13-15-17-18-19-20-21-22-23-24-25-26-27-28-29-31-33-35-37-39-41-43-47(51)48-45(44-49)46(50)42-40-38-36-34-32-30-16-14-12-10-8-6-4-2/h45-46,49-50H,3-44H2,1-2H3,(H,48,51). The molecule has 0 aliphatic heterocycles. The molecule has 0 aromatic carbocycles. The van der Waals surface area contributed by atoms with Crippen molar-refractivity contribution in [1.29, 1.82) is 0 Å². The molecule has 0 bridgehead atoms. The monoisotopic (exact) mass is 722 g/mol. The topological polar surface area (TPSA) is 69.6 Å². The number of carbonyl (C=O) groups excluding carboxylic acids is 1. The molecule has 0 spiro atoms. The maximum atomic E-state index is 12.4. The third-order valence-corrected chi connectivity index (χ3v) is 11.4. The first kappa shape index (κ1) is 50.4. The van der Waals surface area contributed by atoms with Crippen LogP contribution in [0.4, 0.5) is 0 Å². The van der Waals surface area contributed by atoms with E-state index < -0.39 is 12.1 Å². The van der Waals surface area contributed by atoms with Gasteiger partial charge in [0.2, 0.25) is 5.91 Å². The minimum Gasteiger partial charge on any atom is -0.394 e. The fourth-order valence-electron chi connectivity index (χ4n) is 7.72. The summed E-state index contributed by atoms with van der Waals surface area (Å²) in [4.78, 5) is 12.4. The van der Waals surface area contributed by atoms with Crippen LogP contribution in [-0.2, 0) is 4.79 Å². The van der Waals surface area contributed by atoms with Crippen molar-refractivity contribution >= 4 is 5.91 Å². The number of aliphatic hydroxyl groups is 2. The lowest BCUT2D eigenvalue weighted by Crippen LogP contribution is -2.45. The van der Waals surface area contributed by atoms with Gasteiger partial charge in [0.1, 0.15) is 0 Å². The minimum absolute atomic E-state index is 0.0252. The minimum atomic E-state index is -0.652. The lowest BCUT2D eigenvalue weighted by Gasteiger charge is -2.22. The van der Waals surface area contributed by atoms with Crippen molar-refractivity contribution in [2.45, 2.75) is 289 Å². The number of rotatable bonds is 44. The highest BCUT2D eigenvalue weighted by molar-refractivity contribution is 5.76. The van der Waals surface area contributed by atoms with Crippen LogP contribution in [0.2, 0.25) is 0 Å². The fourth-order valence-corrected chi connectivity index (χ4v) is 7.72. The summed E-state index contributed by atoms with van der Waals surface area (Å²) in [5.41, 5.74) is 0. The van der Waals surface area contributed by atoms with Crippen LogP contribution in [0.25, 0.3) is 0 Å². The van der Waals surface area contributed by atoms with Crippen molar-refractivity contribution < 1.29 is 15.0 Å². The Hall–Kier alpha value is -0.610. The van der Waals surface area contributed by atoms with Gasteiger partial charge in [-0.05, 0) is 12.8 Å². The second-order valence-electron chi connectivity index (χ2n) is 16.5. The SMILES string of the molecule is CCCCCCCCCCCCCCCCCCCCCCCCCCCCC(=O)NC(CO)C(O)CCCCCCCCCCCCCCC. The van der Waals surface area contributed by atoms with Gasteiger partial charge in [0.15, 0.2) is 0 Å². The molecular weight excluding hydrogens is 627 g/mol. The van der Waals surface area contributed by atoms with Crippen molar-refractivity contribution in [2.75, 3.05) is 6.61 Å². The summed E-state index contributed by atoms with van der Waals surface area (Å²) in [6.45, 7) is 4.38. The van der Waals surface area contributed by atoms with Crippen LogP contribution in [0, 0.1) is 0 Å². The van der Waals surface area contributed by atoms with Gasteiger partial charge in [-0.15, -0.1) is 0 Å². The quantitative estimate of drug-likeness (QED) is 0.0549. The molecule has 4 heteroatoms. The highest BCUT2D eigenvalue weighted by Gasteiger charge is 2.20. The molecule has 0 radical (unpaired) electrons. The van der Waals surface area contributed by atoms with Crippen LogP contribution >= 0.6 is 0 Å². The van der Waals surface area contributed by atoms with Crippen LogP contribution in [0.3, 0.4) is 0 Å². The van der Waals surface area contributed by atoms with Crippen LogP contribution in [0.5, 0.6) is 0 Å². The predicted molar refractivity (Wildman–Crippen MR) is 226 cm³/mol. The largest absolute Gasteiger partial charge is 0.394 e. The molecule has 0 heterocycles. The second kappa shape index (κ2) is 43.8. The van der Waals surface area contributed by atoms with Gasteiger partial charge in [-0.2, -0.15) is 0 Å². The predicted octanol–water partition coefficient (Wildman–Crippen LogP) is 14.9. The lowest BCUT2D eigenvalue weighted by atomic mass is 10.0. The molecule has 4 nitrogen and oxygen atoms in total. The van der Waals surface area contributed by atoms with Crippen molar-refractivity contribution in [3.63, 3.8) is 0 Å². The van der Waals surface area contributed by atoms with Gasteiger partial charge in [0.25, 0.3) is 0 Å². The first-order chi connectivity index (χ1) is 25.2. The second-order valence-corrected chi connectivity index (χ2v) is 16.5. The van der Waals surface area contributed by atoms with Gasteiger partial charge in [-0.25, -0.2) is 0 Å². The zero-order chi connectivity index (χ0) is 37.1. The van der Waals surface area contributed by atoms with E-state index in [2.05, 4.69) is 19.2 Å². The van der Waals surface area contributed by atoms with E-state index >= 15 is 0 Å². The van der Waals surface area contributed by atoms with E-state index in [-0.39, 0.29) is 12.5 Å². The summed E-state index contributed by atoms with van der Waals surface area (Å²) >= 11 is 0. The average molecular weight is 722 g/mol. The number of unbranched alkanes of at least 4 members (excludes halogenated alkanes) is 37. The third-order valence-electron chi connectivity index (χ3n) is 11.4. The first-order valence-corrected chi connectivity index (χ1v) is 23.7. The van der Waals surface area contributed by atoms with Gasteiger partial charge in [-0.1, -0.05) is 258 Å². The summed E-state index contributed by atoms with van der Waals surface area (Å²) < 4.78 is 0. The number of hydrogen-bond donors (Lipinski definition) is 3. The Morgan fingerprint density at radius 2 is 0.627 bits per heavy atom. The van der Waals surface area contributed by atoms with E-state index in [9.17, 15) is 15.0 Å². The summed E-state index contributed by atoms with van der Waals surface area (Å²) in [6, 6.07) is -0.529. The normalized spacial score (nSPS) is 12.8. The van der Waals surface area contributed by atoms with Crippen LogP contribution in [0.15, 0.2) is 0 Å². The summed E-state index contributed by atoms with van der Waals surface area (Å²) in [6.07, 6.45) is 53.4. The molecule has 0 aromatic heterocycles. The molecule has 306 valence electrons. The van der Waals surface area contributed by atoms with Crippen LogP contribution in [0.1, 0.15) is 277 Å². The molecule has 2 unspecified atom stereocenters. The number of hydrogen-bond acceptors (Lipinski definition) is 3. The number of aliphatic hydroxyl groups excluding tert-OH is 2. The Labute approximate surface area is 321 Å². The molecule has 3 N–H and O–H groups in total. The number of nitrogens with one attached hydrogen (secondary N) is 1. The molecule has 1 amide bonds. The fraction of sp³-hybridized carbons (Fsp3) is 0.979. The lowest BCUT2D eigenvalue weighted by molar-refractivity contribution is -0.123. The zero-order valence-corrected chi connectivity index (χ0v) is 35.2. The zero-order valence-electron chi connectivity index (χ0n) is 35.2. The summed E-state index contributed by atoms with van der Waals surface area (Å²) in [5, 5.41) is 23.2. The van der Waals surface area contributed by atoms with Crippen molar-refractivity contribution in [3.8, 4) is 0 Å². The van der Waals surface area contributed by atoms with Crippen LogP contribution < -0.4 is 5.32 Å². The van der Waals surface area contributed by atoms with E-state index in [4.69, 9.17) is 0 Å². The Bertz CT molecular complexity index is 655. The molecule has 0 rings (SSSR count). The molecule has 2 atom stereocenters. The molecular formula is C47H95NO3. The highest BCUT2D eigenvalue weighted by atomic mass is 16.3. The maximum absolute atomic E-state index is 12.4. The first-order valence-electron chi connectivity index (χ1n) is 23.7. The summed E-state index contributed by atoms with van der Waals surface area (Å²) in [7, 11) is 0. The third kappa shape index (κ3) is 40.4. The Kier molecular flexibility index (Phi) is 43.3. The number of carbonyl (C=O) groups is 1. The Morgan fingerprint density at radius 1 is 0.392 bits per heavy atom. The molecule has 51 heavy (non-hydrogen) atoms. The number of amides is 1. The van der Waals surface area contributed by atoms with E-state index in [0.29, 0.717) is 12.8 Å². The molecule has 0 aromatic rings. The average Bonchev–Trinajstić information content (AvgIpc) is 3.13. The molecule has 0 aliphatic carbocycles. The highest BCUT2D eigenvalue weighted by Crippen LogP contribution is 2.17. The van der Waals surface area contributed by atoms with Gasteiger partial charge < -0.3 is 15.5 Å². The smallest absolute Gasteiger partial charge is 0.220 e. The Morgan fingerprint density at radius 3 is 0.882 bits per heavy atom. The van der Waals surface area contributed by atoms with Crippen LogP contribution in [-0.4, -0.2) is 34.9 Å². The summed E-state index contributed by atoms with van der Waals surface area (Å²) in [5.74, 6) is -0.0252. The van der Waals surface area contributed by atoms with Gasteiger partial charge in [0, 0.05) is 6.42 Å². The van der Waals surface area contributed by atoms with Crippen molar-refractivity contribution in [2.24, 2.45) is 0 Å². The van der Waals surface area contributed by atoms with E-state index in [1.807, 2.05) is 0 Å². The van der Waals surface area contributed by atoms with Gasteiger partial charge in [0.05, 0.1) is 18.8 Å². The Balaban J connectivity index is 3.40. The van der Waals surface area contributed by atoms with Gasteiger partial charge in [-0.3, -0.25) is 4.79 Å². The van der Waals surface area contributed by atoms with Crippen molar-refractivity contribution in [3.05, 3.63) is 0 Å².